The van der Waals surface area contributed by atoms with Crippen molar-refractivity contribution in [3.05, 3.63) is 31.9 Å². The predicted molar refractivity (Wildman–Crippen MR) is 113 cm³/mol. The van der Waals surface area contributed by atoms with Gasteiger partial charge in [-0.05, 0) is 44.7 Å². The van der Waals surface area contributed by atoms with Crippen LogP contribution >= 0.6 is 24.0 Å². The van der Waals surface area contributed by atoms with Gasteiger partial charge in [-0.2, -0.15) is 5.26 Å². The van der Waals surface area contributed by atoms with Crippen molar-refractivity contribution in [3.63, 3.8) is 0 Å². The number of nitrogens with zero attached hydrogens (tertiary/aromatic N) is 4. The second-order valence-corrected chi connectivity index (χ2v) is 8.36. The molecule has 2 aliphatic rings. The number of pyridine rings is 1. The number of piperidine rings is 1. The second kappa shape index (κ2) is 7.87. The fourth-order valence-electron chi connectivity index (χ4n) is 3.60. The standard InChI is InChI=1S/C19H22N4O2S2/c1-4-23-18(25)15(27-19(23)26)10-13-12(2)14(11-20)17(24)21(3)16(13)22-8-6-5-7-9-22/h10H,4-9H2,1-3H3/b15-10+. The molecule has 0 radical (unpaired) electrons. The van der Waals surface area contributed by atoms with Gasteiger partial charge in [-0.1, -0.05) is 24.0 Å². The lowest BCUT2D eigenvalue weighted by Gasteiger charge is -2.32. The number of carbonyl (C=O) groups is 1. The van der Waals surface area contributed by atoms with Crippen LogP contribution in [0.3, 0.4) is 0 Å². The molecule has 0 aromatic carbocycles. The van der Waals surface area contributed by atoms with Gasteiger partial charge in [0.25, 0.3) is 11.5 Å². The number of hydrogen-bond donors (Lipinski definition) is 0. The van der Waals surface area contributed by atoms with Crippen molar-refractivity contribution in [2.75, 3.05) is 24.5 Å². The van der Waals surface area contributed by atoms with E-state index in [1.807, 2.05) is 13.0 Å². The van der Waals surface area contributed by atoms with E-state index in [2.05, 4.69) is 4.90 Å². The van der Waals surface area contributed by atoms with E-state index >= 15 is 0 Å². The highest BCUT2D eigenvalue weighted by atomic mass is 32.2. The molecule has 0 atom stereocenters. The Labute approximate surface area is 168 Å². The molecular formula is C19H22N4O2S2. The normalized spacial score (nSPS) is 19.1. The molecule has 0 unspecified atom stereocenters. The highest BCUT2D eigenvalue weighted by Crippen LogP contribution is 2.35. The largest absolute Gasteiger partial charge is 0.357 e. The van der Waals surface area contributed by atoms with E-state index in [0.29, 0.717) is 21.3 Å². The van der Waals surface area contributed by atoms with Crippen LogP contribution in [-0.4, -0.2) is 39.3 Å². The summed E-state index contributed by atoms with van der Waals surface area (Å²) < 4.78 is 2.08. The van der Waals surface area contributed by atoms with Crippen LogP contribution in [0.1, 0.15) is 42.9 Å². The van der Waals surface area contributed by atoms with Gasteiger partial charge >= 0.3 is 0 Å². The van der Waals surface area contributed by atoms with Crippen LogP contribution in [0.4, 0.5) is 5.82 Å². The van der Waals surface area contributed by atoms with Gasteiger partial charge in [-0.15, -0.1) is 0 Å². The SMILES string of the molecule is CCN1C(=O)/C(=C\c2c(C)c(C#N)c(=O)n(C)c2N2CCCCC2)SC1=S. The molecule has 3 rings (SSSR count). The Balaban J connectivity index is 2.22. The van der Waals surface area contributed by atoms with E-state index in [4.69, 9.17) is 12.2 Å². The van der Waals surface area contributed by atoms with Crippen molar-refractivity contribution in [3.8, 4) is 6.07 Å². The molecule has 2 fully saturated rings. The van der Waals surface area contributed by atoms with Crippen LogP contribution in [-0.2, 0) is 11.8 Å². The summed E-state index contributed by atoms with van der Waals surface area (Å²) >= 11 is 6.57. The fourth-order valence-corrected chi connectivity index (χ4v) is 4.97. The molecule has 2 saturated heterocycles. The third-order valence-electron chi connectivity index (χ3n) is 5.09. The van der Waals surface area contributed by atoms with Gasteiger partial charge in [0.1, 0.15) is 21.8 Å². The molecule has 0 bridgehead atoms. The summed E-state index contributed by atoms with van der Waals surface area (Å²) in [6.45, 7) is 5.90. The van der Waals surface area contributed by atoms with Crippen LogP contribution < -0.4 is 10.5 Å². The minimum atomic E-state index is -0.297. The lowest BCUT2D eigenvalue weighted by molar-refractivity contribution is -0.121. The number of carbonyl (C=O) groups excluding carboxylic acids is 1. The number of hydrogen-bond acceptors (Lipinski definition) is 6. The smallest absolute Gasteiger partial charge is 0.270 e. The minimum Gasteiger partial charge on any atom is -0.357 e. The van der Waals surface area contributed by atoms with Crippen LogP contribution in [0, 0.1) is 18.3 Å². The van der Waals surface area contributed by atoms with Gasteiger partial charge in [0.15, 0.2) is 0 Å². The van der Waals surface area contributed by atoms with Crippen LogP contribution in [0.25, 0.3) is 6.08 Å². The van der Waals surface area contributed by atoms with Crippen molar-refractivity contribution in [1.82, 2.24) is 9.47 Å². The van der Waals surface area contributed by atoms with Crippen LogP contribution in [0.2, 0.25) is 0 Å². The van der Waals surface area contributed by atoms with Crippen molar-refractivity contribution < 1.29 is 4.79 Å². The number of amides is 1. The highest BCUT2D eigenvalue weighted by Gasteiger charge is 2.32. The molecule has 0 N–H and O–H groups in total. The number of thiocarbonyl (C=S) groups is 1. The monoisotopic (exact) mass is 402 g/mol. The Morgan fingerprint density at radius 1 is 1.26 bits per heavy atom. The third-order valence-corrected chi connectivity index (χ3v) is 6.47. The molecule has 0 spiro atoms. The van der Waals surface area contributed by atoms with Crippen molar-refractivity contribution >= 4 is 46.1 Å². The van der Waals surface area contributed by atoms with Gasteiger partial charge in [-0.3, -0.25) is 19.1 Å². The van der Waals surface area contributed by atoms with Crippen LogP contribution in [0.5, 0.6) is 0 Å². The predicted octanol–water partition coefficient (Wildman–Crippen LogP) is 2.78. The maximum absolute atomic E-state index is 12.7. The number of rotatable bonds is 3. The number of thioether (sulfide) groups is 1. The Bertz CT molecular complexity index is 936. The van der Waals surface area contributed by atoms with E-state index in [1.54, 1.807) is 29.5 Å². The quantitative estimate of drug-likeness (QED) is 0.572. The first-order chi connectivity index (χ1) is 12.9. The first-order valence-electron chi connectivity index (χ1n) is 9.04. The number of aromatic nitrogens is 1. The topological polar surface area (TPSA) is 69.3 Å². The molecule has 0 saturated carbocycles. The molecule has 8 heteroatoms. The van der Waals surface area contributed by atoms with E-state index in [9.17, 15) is 14.9 Å². The third kappa shape index (κ3) is 3.42. The van der Waals surface area contributed by atoms with Gasteiger partial charge in [0.05, 0.1) is 4.91 Å². The number of nitriles is 1. The van der Waals surface area contributed by atoms with E-state index < -0.39 is 0 Å². The Morgan fingerprint density at radius 3 is 2.48 bits per heavy atom. The van der Waals surface area contributed by atoms with Crippen LogP contribution in [0.15, 0.2) is 9.70 Å². The summed E-state index contributed by atoms with van der Waals surface area (Å²) in [6, 6.07) is 2.03. The molecule has 0 aliphatic carbocycles. The molecular weight excluding hydrogens is 380 g/mol. The Kier molecular flexibility index (Phi) is 5.72. The summed E-state index contributed by atoms with van der Waals surface area (Å²) in [5.41, 5.74) is 1.19. The van der Waals surface area contributed by atoms with Gasteiger partial charge in [0, 0.05) is 32.2 Å². The van der Waals surface area contributed by atoms with E-state index in [1.165, 1.54) is 18.2 Å². The van der Waals surface area contributed by atoms with Crippen molar-refractivity contribution in [1.29, 1.82) is 5.26 Å². The van der Waals surface area contributed by atoms with Gasteiger partial charge < -0.3 is 4.90 Å². The summed E-state index contributed by atoms with van der Waals surface area (Å²) in [5.74, 6) is 0.654. The molecule has 142 valence electrons. The zero-order valence-corrected chi connectivity index (χ0v) is 17.4. The zero-order chi connectivity index (χ0) is 19.7. The first-order valence-corrected chi connectivity index (χ1v) is 10.3. The lowest BCUT2D eigenvalue weighted by Crippen LogP contribution is -2.36. The maximum atomic E-state index is 12.7. The van der Waals surface area contributed by atoms with Gasteiger partial charge in [0.2, 0.25) is 0 Å². The molecule has 6 nitrogen and oxygen atoms in total. The average Bonchev–Trinajstić information content (AvgIpc) is 2.93. The summed E-state index contributed by atoms with van der Waals surface area (Å²) in [6.07, 6.45) is 5.09. The Hall–Kier alpha value is -2.11. The van der Waals surface area contributed by atoms with Gasteiger partial charge in [-0.25, -0.2) is 0 Å². The highest BCUT2D eigenvalue weighted by molar-refractivity contribution is 8.26. The second-order valence-electron chi connectivity index (χ2n) is 6.69. The lowest BCUT2D eigenvalue weighted by atomic mass is 10.0. The molecule has 2 aliphatic heterocycles. The average molecular weight is 403 g/mol. The van der Waals surface area contributed by atoms with E-state index in [-0.39, 0.29) is 17.0 Å². The summed E-state index contributed by atoms with van der Waals surface area (Å²) in [5, 5.41) is 9.49. The maximum Gasteiger partial charge on any atom is 0.270 e. The minimum absolute atomic E-state index is 0.121. The molecule has 1 amide bonds. The van der Waals surface area contributed by atoms with Crippen molar-refractivity contribution in [2.24, 2.45) is 7.05 Å². The summed E-state index contributed by atoms with van der Waals surface area (Å²) in [7, 11) is 1.70. The Morgan fingerprint density at radius 2 is 1.93 bits per heavy atom. The molecule has 3 heterocycles. The van der Waals surface area contributed by atoms with Crippen molar-refractivity contribution in [2.45, 2.75) is 33.1 Å². The summed E-state index contributed by atoms with van der Waals surface area (Å²) in [4.78, 5) is 29.6. The fraction of sp³-hybridized carbons (Fsp3) is 0.474. The molecule has 27 heavy (non-hydrogen) atoms. The molecule has 1 aromatic rings. The van der Waals surface area contributed by atoms with E-state index in [0.717, 1.165) is 37.3 Å². The number of anilines is 1. The number of likely N-dealkylation sites (N-methyl/N-ethyl adjacent to an activating group) is 1. The molecule has 1 aromatic heterocycles. The zero-order valence-electron chi connectivity index (χ0n) is 15.7. The first kappa shape index (κ1) is 19.6.